The molecule has 1 amide bonds. The number of aromatic nitrogens is 3. The van der Waals surface area contributed by atoms with Crippen molar-refractivity contribution in [3.63, 3.8) is 0 Å². The summed E-state index contributed by atoms with van der Waals surface area (Å²) in [6, 6.07) is 6.28. The van der Waals surface area contributed by atoms with E-state index in [1.165, 1.54) is 22.0 Å². The maximum absolute atomic E-state index is 11.8. The number of carbonyl (C=O) groups excluding carboxylic acids is 1. The number of anilines is 1. The molecule has 1 saturated heterocycles. The second-order valence-electron chi connectivity index (χ2n) is 9.17. The van der Waals surface area contributed by atoms with E-state index in [0.29, 0.717) is 6.54 Å². The quantitative estimate of drug-likeness (QED) is 0.647. The van der Waals surface area contributed by atoms with E-state index in [9.17, 15) is 4.79 Å². The molecular formula is C25H32N6O2. The first kappa shape index (κ1) is 21.7. The first-order valence-corrected chi connectivity index (χ1v) is 11.6. The van der Waals surface area contributed by atoms with Gasteiger partial charge in [-0.3, -0.25) is 9.69 Å². The summed E-state index contributed by atoms with van der Waals surface area (Å²) in [5.74, 6) is 3.01. The summed E-state index contributed by atoms with van der Waals surface area (Å²) in [5.41, 5.74) is 4.83. The van der Waals surface area contributed by atoms with Crippen LogP contribution in [0.4, 0.5) is 5.82 Å². The molecule has 1 N–H and O–H groups in total. The average molecular weight is 449 g/mol. The summed E-state index contributed by atoms with van der Waals surface area (Å²) in [4.78, 5) is 26.0. The van der Waals surface area contributed by atoms with E-state index >= 15 is 0 Å². The van der Waals surface area contributed by atoms with Crippen LogP contribution in [-0.4, -0.2) is 64.0 Å². The van der Waals surface area contributed by atoms with Crippen molar-refractivity contribution < 1.29 is 9.53 Å². The maximum atomic E-state index is 11.8. The zero-order valence-corrected chi connectivity index (χ0v) is 19.9. The molecule has 1 atom stereocenters. The SMILES string of the molecule is CNc1nc(C2CCN(C(C)=O)C2)nc2c1CCN(Cc1cn(C)c3cc(OC)ccc13)C2. The van der Waals surface area contributed by atoms with Crippen molar-refractivity contribution >= 4 is 22.6 Å². The Morgan fingerprint density at radius 1 is 1.27 bits per heavy atom. The van der Waals surface area contributed by atoms with Gasteiger partial charge in [-0.1, -0.05) is 0 Å². The number of fused-ring (bicyclic) bond motifs is 2. The number of benzene rings is 1. The minimum atomic E-state index is 0.128. The molecule has 4 heterocycles. The molecule has 1 unspecified atom stereocenters. The first-order chi connectivity index (χ1) is 16.0. The molecule has 174 valence electrons. The second kappa shape index (κ2) is 8.67. The van der Waals surface area contributed by atoms with Crippen LogP contribution in [0.1, 0.15) is 41.9 Å². The largest absolute Gasteiger partial charge is 0.497 e. The van der Waals surface area contributed by atoms with Crippen LogP contribution in [0.2, 0.25) is 0 Å². The van der Waals surface area contributed by atoms with Crippen LogP contribution in [0.3, 0.4) is 0 Å². The lowest BCUT2D eigenvalue weighted by molar-refractivity contribution is -0.127. The highest BCUT2D eigenvalue weighted by molar-refractivity contribution is 5.85. The Bertz CT molecular complexity index is 1200. The first-order valence-electron chi connectivity index (χ1n) is 11.6. The zero-order valence-electron chi connectivity index (χ0n) is 19.9. The second-order valence-corrected chi connectivity index (χ2v) is 9.17. The van der Waals surface area contributed by atoms with Crippen molar-refractivity contribution in [2.24, 2.45) is 7.05 Å². The Morgan fingerprint density at radius 3 is 2.85 bits per heavy atom. The fourth-order valence-electron chi connectivity index (χ4n) is 5.23. The van der Waals surface area contributed by atoms with Gasteiger partial charge in [0.15, 0.2) is 0 Å². The summed E-state index contributed by atoms with van der Waals surface area (Å²) in [6.07, 6.45) is 4.07. The van der Waals surface area contributed by atoms with E-state index in [2.05, 4.69) is 40.2 Å². The third-order valence-electron chi connectivity index (χ3n) is 7.07. The molecule has 2 aliphatic heterocycles. The number of likely N-dealkylation sites (tertiary alicyclic amines) is 1. The molecule has 2 aliphatic rings. The van der Waals surface area contributed by atoms with Gasteiger partial charge in [-0.2, -0.15) is 0 Å². The Hall–Kier alpha value is -3.13. The fourth-order valence-corrected chi connectivity index (χ4v) is 5.23. The van der Waals surface area contributed by atoms with Crippen molar-refractivity contribution in [2.75, 3.05) is 39.1 Å². The van der Waals surface area contributed by atoms with Gasteiger partial charge in [0.1, 0.15) is 17.4 Å². The summed E-state index contributed by atoms with van der Waals surface area (Å²) < 4.78 is 7.58. The molecule has 1 fully saturated rings. The monoisotopic (exact) mass is 448 g/mol. The predicted octanol–water partition coefficient (Wildman–Crippen LogP) is 2.91. The van der Waals surface area contributed by atoms with Crippen LogP contribution < -0.4 is 10.1 Å². The lowest BCUT2D eigenvalue weighted by atomic mass is 10.0. The predicted molar refractivity (Wildman–Crippen MR) is 128 cm³/mol. The molecule has 1 aromatic carbocycles. The van der Waals surface area contributed by atoms with Crippen LogP contribution in [0.15, 0.2) is 24.4 Å². The zero-order chi connectivity index (χ0) is 23.1. The van der Waals surface area contributed by atoms with Crippen molar-refractivity contribution in [2.45, 2.75) is 38.8 Å². The van der Waals surface area contributed by atoms with Gasteiger partial charge < -0.3 is 19.5 Å². The molecule has 0 saturated carbocycles. The number of aryl methyl sites for hydroxylation is 1. The number of nitrogens with one attached hydrogen (secondary N) is 1. The highest BCUT2D eigenvalue weighted by atomic mass is 16.5. The standard InChI is InChI=1S/C25H32N6O2/c1-16(32)31-10-7-17(14-31)24-27-22-15-30(9-8-21(22)25(26-2)28-24)13-18-12-29(3)23-11-19(33-4)5-6-20(18)23/h5-6,11-12,17H,7-10,13-15H2,1-4H3,(H,26,27,28). The third kappa shape index (κ3) is 4.04. The van der Waals surface area contributed by atoms with Gasteiger partial charge in [-0.05, 0) is 30.5 Å². The lowest BCUT2D eigenvalue weighted by Gasteiger charge is -2.29. The third-order valence-corrected chi connectivity index (χ3v) is 7.07. The van der Waals surface area contributed by atoms with E-state index in [-0.39, 0.29) is 11.8 Å². The number of ether oxygens (including phenoxy) is 1. The van der Waals surface area contributed by atoms with E-state index in [0.717, 1.165) is 62.1 Å². The summed E-state index contributed by atoms with van der Waals surface area (Å²) in [7, 11) is 5.72. The number of rotatable bonds is 5. The molecule has 8 heteroatoms. The number of carbonyl (C=O) groups is 1. The van der Waals surface area contributed by atoms with Gasteiger partial charge in [0.25, 0.3) is 0 Å². The van der Waals surface area contributed by atoms with Crippen LogP contribution in [0, 0.1) is 0 Å². The molecule has 8 nitrogen and oxygen atoms in total. The van der Waals surface area contributed by atoms with Crippen LogP contribution in [0.25, 0.3) is 10.9 Å². The Balaban J connectivity index is 1.39. The Morgan fingerprint density at radius 2 is 2.12 bits per heavy atom. The van der Waals surface area contributed by atoms with Gasteiger partial charge in [-0.25, -0.2) is 9.97 Å². The van der Waals surface area contributed by atoms with Gasteiger partial charge in [-0.15, -0.1) is 0 Å². The number of amides is 1. The highest BCUT2D eigenvalue weighted by Crippen LogP contribution is 2.31. The van der Waals surface area contributed by atoms with Crippen LogP contribution in [-0.2, 0) is 31.4 Å². The molecule has 0 radical (unpaired) electrons. The molecule has 33 heavy (non-hydrogen) atoms. The van der Waals surface area contributed by atoms with E-state index in [1.807, 2.05) is 18.0 Å². The van der Waals surface area contributed by atoms with Crippen LogP contribution in [0.5, 0.6) is 5.75 Å². The van der Waals surface area contributed by atoms with Gasteiger partial charge in [0.2, 0.25) is 5.91 Å². The van der Waals surface area contributed by atoms with Crippen molar-refractivity contribution in [1.82, 2.24) is 24.3 Å². The van der Waals surface area contributed by atoms with Crippen molar-refractivity contribution in [3.8, 4) is 5.75 Å². The van der Waals surface area contributed by atoms with Crippen molar-refractivity contribution in [3.05, 3.63) is 47.0 Å². The molecule has 3 aromatic rings. The topological polar surface area (TPSA) is 75.5 Å². The Kier molecular flexibility index (Phi) is 5.70. The number of hydrogen-bond donors (Lipinski definition) is 1. The summed E-state index contributed by atoms with van der Waals surface area (Å²) >= 11 is 0. The van der Waals surface area contributed by atoms with Crippen LogP contribution >= 0.6 is 0 Å². The smallest absolute Gasteiger partial charge is 0.219 e. The molecule has 0 spiro atoms. The minimum Gasteiger partial charge on any atom is -0.497 e. The normalized spacial score (nSPS) is 18.5. The van der Waals surface area contributed by atoms with Gasteiger partial charge >= 0.3 is 0 Å². The number of methoxy groups -OCH3 is 1. The number of hydrogen-bond acceptors (Lipinski definition) is 6. The van der Waals surface area contributed by atoms with Crippen molar-refractivity contribution in [1.29, 1.82) is 0 Å². The van der Waals surface area contributed by atoms with Gasteiger partial charge in [0, 0.05) is 82.9 Å². The number of nitrogens with zero attached hydrogens (tertiary/aromatic N) is 5. The summed E-state index contributed by atoms with van der Waals surface area (Å²) in [5, 5.41) is 4.55. The Labute approximate surface area is 194 Å². The fraction of sp³-hybridized carbons (Fsp3) is 0.480. The average Bonchev–Trinajstić information content (AvgIpc) is 3.43. The van der Waals surface area contributed by atoms with Gasteiger partial charge in [0.05, 0.1) is 18.3 Å². The summed E-state index contributed by atoms with van der Waals surface area (Å²) in [6.45, 7) is 5.77. The van der Waals surface area contributed by atoms with E-state index < -0.39 is 0 Å². The van der Waals surface area contributed by atoms with E-state index in [4.69, 9.17) is 14.7 Å². The molecular weight excluding hydrogens is 416 g/mol. The minimum absolute atomic E-state index is 0.128. The maximum Gasteiger partial charge on any atom is 0.219 e. The molecule has 0 bridgehead atoms. The molecule has 2 aromatic heterocycles. The molecule has 5 rings (SSSR count). The highest BCUT2D eigenvalue weighted by Gasteiger charge is 2.30. The molecule has 0 aliphatic carbocycles. The lowest BCUT2D eigenvalue weighted by Crippen LogP contribution is -2.32. The van der Waals surface area contributed by atoms with E-state index in [1.54, 1.807) is 14.0 Å².